The third-order valence-corrected chi connectivity index (χ3v) is 7.51. The fourth-order valence-corrected chi connectivity index (χ4v) is 5.41. The number of nitrogens with zero attached hydrogens (tertiary/aromatic N) is 2. The molecule has 1 fully saturated rings. The van der Waals surface area contributed by atoms with Crippen LogP contribution in [-0.4, -0.2) is 34.4 Å². The number of aromatic nitrogens is 1. The number of carbonyl (C=O) groups is 1. The molecule has 1 aromatic carbocycles. The van der Waals surface area contributed by atoms with Crippen molar-refractivity contribution >= 4 is 35.1 Å². The van der Waals surface area contributed by atoms with Gasteiger partial charge in [-0.1, -0.05) is 24.2 Å². The largest absolute Gasteiger partial charge is 0.485 e. The molecule has 1 aliphatic carbocycles. The summed E-state index contributed by atoms with van der Waals surface area (Å²) >= 11 is 8.02. The molecule has 31 heavy (non-hydrogen) atoms. The van der Waals surface area contributed by atoms with E-state index in [0.717, 1.165) is 42.9 Å². The number of hydrogen-bond donors (Lipinski definition) is 1. The minimum Gasteiger partial charge on any atom is -0.485 e. The summed E-state index contributed by atoms with van der Waals surface area (Å²) in [4.78, 5) is 18.3. The van der Waals surface area contributed by atoms with Gasteiger partial charge in [0.2, 0.25) is 0 Å². The molecule has 164 valence electrons. The number of pyridine rings is 1. The van der Waals surface area contributed by atoms with Crippen molar-refractivity contribution in [1.82, 2.24) is 4.98 Å². The lowest BCUT2D eigenvalue weighted by Crippen LogP contribution is -2.40. The third kappa shape index (κ3) is 5.18. The molecule has 5 nitrogen and oxygen atoms in total. The zero-order valence-corrected chi connectivity index (χ0v) is 19.0. The second-order valence-corrected chi connectivity index (χ2v) is 9.75. The van der Waals surface area contributed by atoms with Gasteiger partial charge in [-0.2, -0.15) is 0 Å². The Bertz CT molecular complexity index is 968. The summed E-state index contributed by atoms with van der Waals surface area (Å²) in [5, 5.41) is 12.7. The van der Waals surface area contributed by atoms with Crippen molar-refractivity contribution in [1.29, 1.82) is 0 Å². The molecule has 2 aliphatic rings. The Morgan fingerprint density at radius 2 is 2.16 bits per heavy atom. The van der Waals surface area contributed by atoms with Gasteiger partial charge in [-0.15, -0.1) is 11.8 Å². The average Bonchev–Trinajstić information content (AvgIpc) is 2.78. The van der Waals surface area contributed by atoms with Crippen molar-refractivity contribution < 1.29 is 14.6 Å². The van der Waals surface area contributed by atoms with Gasteiger partial charge in [-0.25, -0.2) is 9.78 Å². The lowest BCUT2D eigenvalue weighted by atomic mass is 9.84. The van der Waals surface area contributed by atoms with Crippen LogP contribution >= 0.6 is 23.4 Å². The van der Waals surface area contributed by atoms with E-state index < -0.39 is 5.97 Å². The molecule has 0 amide bonds. The zero-order valence-electron chi connectivity index (χ0n) is 17.4. The molecule has 1 aliphatic heterocycles. The van der Waals surface area contributed by atoms with Crippen LogP contribution in [0.1, 0.15) is 47.3 Å². The highest BCUT2D eigenvalue weighted by Gasteiger charge is 2.33. The van der Waals surface area contributed by atoms with E-state index in [1.54, 1.807) is 17.8 Å². The molecule has 1 aromatic heterocycles. The third-order valence-electron chi connectivity index (χ3n) is 6.11. The van der Waals surface area contributed by atoms with Gasteiger partial charge in [0.05, 0.1) is 0 Å². The van der Waals surface area contributed by atoms with Crippen LogP contribution in [0.15, 0.2) is 42.3 Å². The summed E-state index contributed by atoms with van der Waals surface area (Å²) in [6.07, 6.45) is 5.30. The lowest BCUT2D eigenvalue weighted by Gasteiger charge is -2.39. The zero-order chi connectivity index (χ0) is 21.8. The number of carboxylic acid groups (broad SMARTS) is 1. The molecule has 2 aromatic rings. The summed E-state index contributed by atoms with van der Waals surface area (Å²) in [6, 6.07) is 9.17. The maximum atomic E-state index is 11.6. The molecule has 1 saturated carbocycles. The smallest absolute Gasteiger partial charge is 0.354 e. The van der Waals surface area contributed by atoms with E-state index in [9.17, 15) is 9.90 Å². The Labute approximate surface area is 192 Å². The van der Waals surface area contributed by atoms with Crippen molar-refractivity contribution in [2.75, 3.05) is 18.0 Å². The molecular weight excluding hydrogens is 432 g/mol. The number of anilines is 1. The minimum absolute atomic E-state index is 0.0417. The number of hydrogen-bond acceptors (Lipinski definition) is 5. The summed E-state index contributed by atoms with van der Waals surface area (Å²) < 4.78 is 6.20. The van der Waals surface area contributed by atoms with Crippen molar-refractivity contribution in [3.05, 3.63) is 64.2 Å². The Hall–Kier alpha value is -2.18. The van der Waals surface area contributed by atoms with E-state index in [1.165, 1.54) is 24.5 Å². The molecule has 0 spiro atoms. The highest BCUT2D eigenvalue weighted by Crippen LogP contribution is 2.40. The van der Waals surface area contributed by atoms with Gasteiger partial charge in [0.25, 0.3) is 0 Å². The normalized spacial score (nSPS) is 21.0. The van der Waals surface area contributed by atoms with E-state index in [0.29, 0.717) is 29.3 Å². The molecule has 1 N–H and O–H groups in total. The Balaban J connectivity index is 1.65. The SMILES string of the molecule is C=CS[C@@H]1CC[C@H]1CN1CCCCc2cc(Cl)ccc2COc2ccc(C(=O)O)nc21. The summed E-state index contributed by atoms with van der Waals surface area (Å²) in [6.45, 7) is 5.92. The Morgan fingerprint density at radius 3 is 2.90 bits per heavy atom. The highest BCUT2D eigenvalue weighted by molar-refractivity contribution is 8.02. The Kier molecular flexibility index (Phi) is 7.08. The predicted octanol–water partition coefficient (Wildman–Crippen LogP) is 5.81. The first-order valence-corrected chi connectivity index (χ1v) is 12.0. The lowest BCUT2D eigenvalue weighted by molar-refractivity contribution is 0.0690. The molecule has 0 saturated heterocycles. The van der Waals surface area contributed by atoms with Gasteiger partial charge in [-0.05, 0) is 78.8 Å². The van der Waals surface area contributed by atoms with E-state index >= 15 is 0 Å². The number of ether oxygens (including phenoxy) is 1. The molecule has 2 atom stereocenters. The predicted molar refractivity (Wildman–Crippen MR) is 126 cm³/mol. The van der Waals surface area contributed by atoms with Crippen LogP contribution in [0.5, 0.6) is 5.75 Å². The van der Waals surface area contributed by atoms with Crippen LogP contribution in [0.2, 0.25) is 5.02 Å². The van der Waals surface area contributed by atoms with Crippen LogP contribution in [-0.2, 0) is 13.0 Å². The fourth-order valence-electron chi connectivity index (χ4n) is 4.25. The number of rotatable bonds is 5. The molecule has 0 radical (unpaired) electrons. The first-order chi connectivity index (χ1) is 15.0. The van der Waals surface area contributed by atoms with Gasteiger partial charge >= 0.3 is 5.97 Å². The molecule has 0 bridgehead atoms. The van der Waals surface area contributed by atoms with Crippen molar-refractivity contribution in [3.63, 3.8) is 0 Å². The van der Waals surface area contributed by atoms with Crippen molar-refractivity contribution in [3.8, 4) is 5.75 Å². The number of thioether (sulfide) groups is 1. The summed E-state index contributed by atoms with van der Waals surface area (Å²) in [5.41, 5.74) is 2.35. The van der Waals surface area contributed by atoms with E-state index in [1.807, 2.05) is 23.6 Å². The number of halogens is 1. The number of aryl methyl sites for hydroxylation is 1. The van der Waals surface area contributed by atoms with Gasteiger partial charge in [0, 0.05) is 23.4 Å². The van der Waals surface area contributed by atoms with Crippen LogP contribution in [0, 0.1) is 5.92 Å². The quantitative estimate of drug-likeness (QED) is 0.610. The molecule has 4 rings (SSSR count). The molecule has 0 unspecified atom stereocenters. The maximum absolute atomic E-state index is 11.6. The fraction of sp³-hybridized carbons (Fsp3) is 0.417. The minimum atomic E-state index is -1.03. The number of carboxylic acids is 1. The number of aromatic carboxylic acids is 1. The summed E-state index contributed by atoms with van der Waals surface area (Å²) in [7, 11) is 0. The first kappa shape index (κ1) is 22.0. The van der Waals surface area contributed by atoms with Gasteiger partial charge in [0.1, 0.15) is 6.61 Å². The number of fused-ring (bicyclic) bond motifs is 2. The topological polar surface area (TPSA) is 62.7 Å². The monoisotopic (exact) mass is 458 g/mol. The molecule has 7 heteroatoms. The van der Waals surface area contributed by atoms with Crippen LogP contribution < -0.4 is 9.64 Å². The van der Waals surface area contributed by atoms with Gasteiger partial charge < -0.3 is 14.7 Å². The first-order valence-electron chi connectivity index (χ1n) is 10.7. The average molecular weight is 459 g/mol. The number of benzene rings is 1. The molecule has 2 heterocycles. The van der Waals surface area contributed by atoms with Crippen LogP contribution in [0.4, 0.5) is 5.82 Å². The highest BCUT2D eigenvalue weighted by atomic mass is 35.5. The second kappa shape index (κ2) is 9.96. The van der Waals surface area contributed by atoms with Gasteiger partial charge in [0.15, 0.2) is 17.3 Å². The van der Waals surface area contributed by atoms with Crippen LogP contribution in [0.3, 0.4) is 0 Å². The van der Waals surface area contributed by atoms with E-state index in [-0.39, 0.29) is 5.69 Å². The Morgan fingerprint density at radius 1 is 1.29 bits per heavy atom. The van der Waals surface area contributed by atoms with Crippen molar-refractivity contribution in [2.24, 2.45) is 5.92 Å². The standard InChI is InChI=1S/C24H27ClN2O3S/c1-2-31-22-11-7-17(22)14-27-12-4-3-5-16-13-19(25)8-6-18(16)15-30-21-10-9-20(24(28)29)26-23(21)27/h2,6,8-10,13,17,22H,1,3-5,7,11-12,14-15H2,(H,28,29)/t17-,22+/m0/s1. The second-order valence-electron chi connectivity index (χ2n) is 8.11. The summed E-state index contributed by atoms with van der Waals surface area (Å²) in [5.74, 6) is 0.764. The van der Waals surface area contributed by atoms with Crippen LogP contribution in [0.25, 0.3) is 0 Å². The van der Waals surface area contributed by atoms with Crippen molar-refractivity contribution in [2.45, 2.75) is 44.0 Å². The van der Waals surface area contributed by atoms with Gasteiger partial charge in [-0.3, -0.25) is 0 Å². The maximum Gasteiger partial charge on any atom is 0.354 e. The molecular formula is C24H27ClN2O3S. The van der Waals surface area contributed by atoms with E-state index in [2.05, 4.69) is 16.5 Å². The van der Waals surface area contributed by atoms with E-state index in [4.69, 9.17) is 16.3 Å².